The summed E-state index contributed by atoms with van der Waals surface area (Å²) in [5.41, 5.74) is 0.0619. The van der Waals surface area contributed by atoms with Gasteiger partial charge in [-0.25, -0.2) is 0 Å². The summed E-state index contributed by atoms with van der Waals surface area (Å²) in [6.07, 6.45) is 3.66. The van der Waals surface area contributed by atoms with Gasteiger partial charge in [-0.3, -0.25) is 4.79 Å². The zero-order valence-corrected chi connectivity index (χ0v) is 9.03. The lowest BCUT2D eigenvalue weighted by Gasteiger charge is -2.21. The Morgan fingerprint density at radius 1 is 1.36 bits per heavy atom. The third kappa shape index (κ3) is 3.00. The molecule has 0 aliphatic rings. The van der Waals surface area contributed by atoms with E-state index < -0.39 is 0 Å². The van der Waals surface area contributed by atoms with E-state index in [2.05, 4.69) is 19.2 Å². The molecule has 0 aliphatic carbocycles. The van der Waals surface area contributed by atoms with Crippen molar-refractivity contribution in [2.24, 2.45) is 5.92 Å². The molecule has 78 valence electrons. The van der Waals surface area contributed by atoms with Crippen molar-refractivity contribution in [1.29, 1.82) is 0 Å². The number of likely N-dealkylation sites (N-methyl/N-ethyl adjacent to an activating group) is 1. The van der Waals surface area contributed by atoms with Crippen LogP contribution < -0.4 is 10.7 Å². The molecule has 0 aliphatic heterocycles. The molecule has 0 aromatic carbocycles. The molecule has 1 heterocycles. The molecule has 0 amide bonds. The molecular weight excluding hydrogens is 176 g/mol. The predicted molar refractivity (Wildman–Crippen MR) is 58.4 cm³/mol. The Labute approximate surface area is 84.8 Å². The summed E-state index contributed by atoms with van der Waals surface area (Å²) in [5.74, 6) is 0.583. The summed E-state index contributed by atoms with van der Waals surface area (Å²) in [6, 6.07) is 3.62. The first-order valence-corrected chi connectivity index (χ1v) is 4.97. The van der Waals surface area contributed by atoms with Gasteiger partial charge in [-0.1, -0.05) is 13.8 Å². The first kappa shape index (κ1) is 11.0. The number of aromatic nitrogens is 1. The van der Waals surface area contributed by atoms with Crippen LogP contribution in [0.5, 0.6) is 0 Å². The third-order valence-electron chi connectivity index (χ3n) is 2.44. The van der Waals surface area contributed by atoms with Gasteiger partial charge < -0.3 is 9.88 Å². The molecule has 1 aromatic heterocycles. The van der Waals surface area contributed by atoms with Gasteiger partial charge in [-0.15, -0.1) is 0 Å². The molecule has 3 heteroatoms. The molecule has 14 heavy (non-hydrogen) atoms. The van der Waals surface area contributed by atoms with E-state index in [4.69, 9.17) is 0 Å². The molecule has 0 saturated carbocycles. The largest absolute Gasteiger partial charge is 0.352 e. The van der Waals surface area contributed by atoms with Gasteiger partial charge in [0.25, 0.3) is 0 Å². The lowest BCUT2D eigenvalue weighted by Crippen LogP contribution is -2.35. The van der Waals surface area contributed by atoms with Gasteiger partial charge in [-0.2, -0.15) is 0 Å². The second kappa shape index (κ2) is 4.96. The SMILES string of the molecule is CNC(Cn1ccc(=O)cc1)C(C)C. The molecule has 1 aromatic rings. The fraction of sp³-hybridized carbons (Fsp3) is 0.545. The zero-order valence-electron chi connectivity index (χ0n) is 9.03. The molecule has 0 fully saturated rings. The van der Waals surface area contributed by atoms with E-state index in [9.17, 15) is 4.79 Å². The van der Waals surface area contributed by atoms with E-state index >= 15 is 0 Å². The first-order chi connectivity index (χ1) is 6.63. The topological polar surface area (TPSA) is 34.0 Å². The fourth-order valence-electron chi connectivity index (χ4n) is 1.43. The summed E-state index contributed by atoms with van der Waals surface area (Å²) in [7, 11) is 1.97. The molecule has 0 radical (unpaired) electrons. The van der Waals surface area contributed by atoms with Gasteiger partial charge in [0.1, 0.15) is 0 Å². The molecule has 0 bridgehead atoms. The van der Waals surface area contributed by atoms with Crippen molar-refractivity contribution in [2.45, 2.75) is 26.4 Å². The smallest absolute Gasteiger partial charge is 0.181 e. The van der Waals surface area contributed by atoms with Crippen molar-refractivity contribution in [3.63, 3.8) is 0 Å². The summed E-state index contributed by atoms with van der Waals surface area (Å²) in [5, 5.41) is 3.27. The molecule has 1 N–H and O–H groups in total. The Hall–Kier alpha value is -1.09. The van der Waals surface area contributed by atoms with Gasteiger partial charge in [-0.05, 0) is 13.0 Å². The highest BCUT2D eigenvalue weighted by Gasteiger charge is 2.10. The highest BCUT2D eigenvalue weighted by atomic mass is 16.1. The Bertz CT molecular complexity index is 310. The Morgan fingerprint density at radius 3 is 2.36 bits per heavy atom. The number of nitrogens with one attached hydrogen (secondary N) is 1. The van der Waals surface area contributed by atoms with Crippen LogP contribution in [-0.4, -0.2) is 17.7 Å². The molecule has 0 saturated heterocycles. The second-order valence-corrected chi connectivity index (χ2v) is 3.87. The average molecular weight is 194 g/mol. The van der Waals surface area contributed by atoms with E-state index in [1.54, 1.807) is 12.1 Å². The first-order valence-electron chi connectivity index (χ1n) is 4.97. The van der Waals surface area contributed by atoms with E-state index in [0.717, 1.165) is 6.54 Å². The van der Waals surface area contributed by atoms with Crippen molar-refractivity contribution in [2.75, 3.05) is 7.05 Å². The number of nitrogens with zero attached hydrogens (tertiary/aromatic N) is 1. The summed E-state index contributed by atoms with van der Waals surface area (Å²) < 4.78 is 2.03. The quantitative estimate of drug-likeness (QED) is 0.778. The summed E-state index contributed by atoms with van der Waals surface area (Å²) >= 11 is 0. The third-order valence-corrected chi connectivity index (χ3v) is 2.44. The lowest BCUT2D eigenvalue weighted by molar-refractivity contribution is 0.377. The second-order valence-electron chi connectivity index (χ2n) is 3.87. The van der Waals surface area contributed by atoms with Gasteiger partial charge in [0, 0.05) is 37.1 Å². The van der Waals surface area contributed by atoms with Crippen LogP contribution in [0.15, 0.2) is 29.3 Å². The van der Waals surface area contributed by atoms with E-state index in [-0.39, 0.29) is 5.43 Å². The molecule has 0 spiro atoms. The van der Waals surface area contributed by atoms with Crippen LogP contribution in [0.25, 0.3) is 0 Å². The van der Waals surface area contributed by atoms with Gasteiger partial charge in [0.05, 0.1) is 0 Å². The predicted octanol–water partition coefficient (Wildman–Crippen LogP) is 1.09. The maximum atomic E-state index is 10.9. The highest BCUT2D eigenvalue weighted by molar-refractivity contribution is 4.94. The number of rotatable bonds is 4. The molecule has 1 unspecified atom stereocenters. The van der Waals surface area contributed by atoms with Crippen molar-refractivity contribution in [3.05, 3.63) is 34.7 Å². The van der Waals surface area contributed by atoms with Crippen LogP contribution >= 0.6 is 0 Å². The molecular formula is C11H18N2O. The van der Waals surface area contributed by atoms with E-state index in [1.165, 1.54) is 0 Å². The van der Waals surface area contributed by atoms with Crippen LogP contribution in [0, 0.1) is 5.92 Å². The van der Waals surface area contributed by atoms with Crippen LogP contribution in [0.4, 0.5) is 0 Å². The van der Waals surface area contributed by atoms with Crippen LogP contribution in [-0.2, 0) is 6.54 Å². The number of pyridine rings is 1. The Balaban J connectivity index is 2.67. The average Bonchev–Trinajstić information content (AvgIpc) is 2.16. The Morgan fingerprint density at radius 2 is 1.93 bits per heavy atom. The van der Waals surface area contributed by atoms with E-state index in [0.29, 0.717) is 12.0 Å². The van der Waals surface area contributed by atoms with Crippen LogP contribution in [0.1, 0.15) is 13.8 Å². The standard InChI is InChI=1S/C11H18N2O/c1-9(2)11(12-3)8-13-6-4-10(14)5-7-13/h4-7,9,11-12H,8H2,1-3H3. The van der Waals surface area contributed by atoms with Crippen molar-refractivity contribution in [1.82, 2.24) is 9.88 Å². The fourth-order valence-corrected chi connectivity index (χ4v) is 1.43. The number of hydrogen-bond acceptors (Lipinski definition) is 2. The maximum absolute atomic E-state index is 10.9. The van der Waals surface area contributed by atoms with Gasteiger partial charge >= 0.3 is 0 Å². The van der Waals surface area contributed by atoms with Gasteiger partial charge in [0.15, 0.2) is 5.43 Å². The highest BCUT2D eigenvalue weighted by Crippen LogP contribution is 2.03. The van der Waals surface area contributed by atoms with Crippen LogP contribution in [0.2, 0.25) is 0 Å². The minimum atomic E-state index is 0.0619. The minimum Gasteiger partial charge on any atom is -0.352 e. The molecule has 3 nitrogen and oxygen atoms in total. The summed E-state index contributed by atoms with van der Waals surface area (Å²) in [6.45, 7) is 5.27. The molecule has 1 rings (SSSR count). The van der Waals surface area contributed by atoms with Crippen LogP contribution in [0.3, 0.4) is 0 Å². The number of hydrogen-bond donors (Lipinski definition) is 1. The molecule has 1 atom stereocenters. The Kier molecular flexibility index (Phi) is 3.89. The van der Waals surface area contributed by atoms with Crippen molar-refractivity contribution >= 4 is 0 Å². The normalized spacial score (nSPS) is 13.1. The summed E-state index contributed by atoms with van der Waals surface area (Å²) in [4.78, 5) is 10.9. The monoisotopic (exact) mass is 194 g/mol. The minimum absolute atomic E-state index is 0.0619. The maximum Gasteiger partial charge on any atom is 0.181 e. The van der Waals surface area contributed by atoms with Gasteiger partial charge in [0.2, 0.25) is 0 Å². The van der Waals surface area contributed by atoms with Crippen molar-refractivity contribution in [3.8, 4) is 0 Å². The lowest BCUT2D eigenvalue weighted by atomic mass is 10.0. The van der Waals surface area contributed by atoms with E-state index in [1.807, 2.05) is 24.0 Å². The van der Waals surface area contributed by atoms with Crippen molar-refractivity contribution < 1.29 is 0 Å². The zero-order chi connectivity index (χ0) is 10.6.